The van der Waals surface area contributed by atoms with Crippen molar-refractivity contribution in [2.24, 2.45) is 16.7 Å². The molecule has 3 saturated carbocycles. The topological polar surface area (TPSA) is 78.9 Å². The van der Waals surface area contributed by atoms with E-state index in [9.17, 15) is 14.4 Å². The summed E-state index contributed by atoms with van der Waals surface area (Å²) in [5.74, 6) is 0.568. The maximum absolute atomic E-state index is 12.2. The van der Waals surface area contributed by atoms with Crippen molar-refractivity contribution in [1.82, 2.24) is 0 Å². The van der Waals surface area contributed by atoms with Crippen molar-refractivity contribution in [3.05, 3.63) is 29.3 Å². The third-order valence-electron chi connectivity index (χ3n) is 9.33. The van der Waals surface area contributed by atoms with Crippen LogP contribution in [0, 0.1) is 16.7 Å². The Bertz CT molecular complexity index is 1000. The first-order valence-electron chi connectivity index (χ1n) is 11.8. The molecular weight excluding hydrogens is 408 g/mol. The van der Waals surface area contributed by atoms with Crippen LogP contribution < -0.4 is 4.74 Å². The lowest BCUT2D eigenvalue weighted by Gasteiger charge is -2.56. The van der Waals surface area contributed by atoms with Crippen LogP contribution in [0.4, 0.5) is 0 Å². The lowest BCUT2D eigenvalue weighted by atomic mass is 9.48. The van der Waals surface area contributed by atoms with Crippen molar-refractivity contribution in [3.8, 4) is 5.75 Å². The molecule has 3 fully saturated rings. The molecule has 0 heterocycles. The quantitative estimate of drug-likeness (QED) is 0.510. The van der Waals surface area contributed by atoms with E-state index in [1.165, 1.54) is 31.9 Å². The van der Waals surface area contributed by atoms with Gasteiger partial charge >= 0.3 is 17.9 Å². The molecule has 0 spiro atoms. The SMILES string of the molecule is CC(=O)Oc1ccc2c(c1)CC[C@@H]1[C@@H]2CC[C@@]2(C)[C@]13CC[C@]2(OC(C)=O)[C@H](OC(C)=O)C3. The zero-order valence-corrected chi connectivity index (χ0v) is 19.4. The number of ether oxygens (including phenoxy) is 3. The first kappa shape index (κ1) is 21.5. The highest BCUT2D eigenvalue weighted by Crippen LogP contribution is 2.78. The van der Waals surface area contributed by atoms with Gasteiger partial charge in [0.1, 0.15) is 11.9 Å². The lowest BCUT2D eigenvalue weighted by Crippen LogP contribution is -2.55. The normalized spacial score (nSPS) is 38.8. The fraction of sp³-hybridized carbons (Fsp3) is 0.654. The number of carbonyl (C=O) groups excluding carboxylic acids is 3. The molecule has 0 N–H and O–H groups in total. The second kappa shape index (κ2) is 7.06. The summed E-state index contributed by atoms with van der Waals surface area (Å²) in [5, 5.41) is 0. The first-order chi connectivity index (χ1) is 15.1. The van der Waals surface area contributed by atoms with E-state index in [0.29, 0.717) is 17.6 Å². The minimum absolute atomic E-state index is 0.0161. The van der Waals surface area contributed by atoms with Gasteiger partial charge < -0.3 is 14.2 Å². The van der Waals surface area contributed by atoms with E-state index in [2.05, 4.69) is 13.0 Å². The molecule has 4 aliphatic carbocycles. The van der Waals surface area contributed by atoms with Crippen molar-refractivity contribution in [2.45, 2.75) is 90.3 Å². The molecule has 0 aromatic heterocycles. The van der Waals surface area contributed by atoms with E-state index in [-0.39, 0.29) is 34.8 Å². The predicted molar refractivity (Wildman–Crippen MR) is 116 cm³/mol. The predicted octanol–water partition coefficient (Wildman–Crippen LogP) is 4.48. The van der Waals surface area contributed by atoms with E-state index in [1.807, 2.05) is 12.1 Å². The number of fused-ring (bicyclic) bond motifs is 3. The third kappa shape index (κ3) is 2.74. The highest BCUT2D eigenvalue weighted by atomic mass is 16.6. The Morgan fingerprint density at radius 2 is 1.75 bits per heavy atom. The Hall–Kier alpha value is -2.37. The standard InChI is InChI=1S/C26H32O6/c1-15(27)30-19-6-7-20-18(13-19)5-8-22-21(20)9-10-24(4)25(22)11-12-26(24,32-17(3)29)23(14-25)31-16(2)28/h6-7,13,21-23H,5,8-12,14H2,1-4H3/t21-,22-,23-,24+,25+,26+/m1/s1. The van der Waals surface area contributed by atoms with E-state index < -0.39 is 5.60 Å². The van der Waals surface area contributed by atoms with Gasteiger partial charge in [0.25, 0.3) is 0 Å². The Labute approximate surface area is 189 Å². The molecule has 2 bridgehead atoms. The van der Waals surface area contributed by atoms with Crippen LogP contribution in [0.5, 0.6) is 5.75 Å². The largest absolute Gasteiger partial charge is 0.458 e. The van der Waals surface area contributed by atoms with Crippen LogP contribution in [0.1, 0.15) is 83.3 Å². The minimum Gasteiger partial charge on any atom is -0.458 e. The first-order valence-corrected chi connectivity index (χ1v) is 11.8. The number of esters is 3. The van der Waals surface area contributed by atoms with Gasteiger partial charge in [-0.05, 0) is 85.5 Å². The van der Waals surface area contributed by atoms with Gasteiger partial charge in [0, 0.05) is 26.2 Å². The second-order valence-corrected chi connectivity index (χ2v) is 10.5. The van der Waals surface area contributed by atoms with Crippen LogP contribution in [0.3, 0.4) is 0 Å². The molecule has 4 aliphatic rings. The average molecular weight is 441 g/mol. The summed E-state index contributed by atoms with van der Waals surface area (Å²) in [6.45, 7) is 6.61. The number of aryl methyl sites for hydroxylation is 1. The van der Waals surface area contributed by atoms with Crippen LogP contribution in [0.2, 0.25) is 0 Å². The molecule has 32 heavy (non-hydrogen) atoms. The van der Waals surface area contributed by atoms with Gasteiger partial charge in [0.05, 0.1) is 0 Å². The molecule has 0 aliphatic heterocycles. The maximum atomic E-state index is 12.2. The van der Waals surface area contributed by atoms with Crippen molar-refractivity contribution in [1.29, 1.82) is 0 Å². The summed E-state index contributed by atoms with van der Waals surface area (Å²) >= 11 is 0. The van der Waals surface area contributed by atoms with E-state index in [4.69, 9.17) is 14.2 Å². The van der Waals surface area contributed by atoms with Gasteiger partial charge in [0.15, 0.2) is 5.60 Å². The van der Waals surface area contributed by atoms with Gasteiger partial charge in [-0.2, -0.15) is 0 Å². The molecule has 5 rings (SSSR count). The van der Waals surface area contributed by atoms with Crippen LogP contribution in [-0.2, 0) is 30.3 Å². The third-order valence-corrected chi connectivity index (χ3v) is 9.33. The molecule has 1 aromatic carbocycles. The summed E-state index contributed by atoms with van der Waals surface area (Å²) in [5.41, 5.74) is 1.67. The zero-order chi connectivity index (χ0) is 22.9. The molecular formula is C26H32O6. The van der Waals surface area contributed by atoms with Crippen LogP contribution in [0.15, 0.2) is 18.2 Å². The molecule has 6 heteroatoms. The number of carbonyl (C=O) groups is 3. The summed E-state index contributed by atoms with van der Waals surface area (Å²) < 4.78 is 17.3. The number of hydrogen-bond donors (Lipinski definition) is 0. The van der Waals surface area contributed by atoms with E-state index in [1.54, 1.807) is 0 Å². The molecule has 1 aromatic rings. The van der Waals surface area contributed by atoms with Crippen LogP contribution in [-0.4, -0.2) is 29.6 Å². The van der Waals surface area contributed by atoms with Gasteiger partial charge in [-0.15, -0.1) is 0 Å². The molecule has 172 valence electrons. The molecule has 6 nitrogen and oxygen atoms in total. The Kier molecular flexibility index (Phi) is 4.74. The molecule has 0 radical (unpaired) electrons. The van der Waals surface area contributed by atoms with Gasteiger partial charge in [-0.1, -0.05) is 13.0 Å². The van der Waals surface area contributed by atoms with Crippen LogP contribution >= 0.6 is 0 Å². The van der Waals surface area contributed by atoms with Crippen molar-refractivity contribution >= 4 is 17.9 Å². The summed E-state index contributed by atoms with van der Waals surface area (Å²) in [4.78, 5) is 35.5. The monoisotopic (exact) mass is 440 g/mol. The highest BCUT2D eigenvalue weighted by Gasteiger charge is 2.79. The fourth-order valence-electron chi connectivity index (χ4n) is 8.33. The molecule has 6 atom stereocenters. The smallest absolute Gasteiger partial charge is 0.308 e. The van der Waals surface area contributed by atoms with Gasteiger partial charge in [-0.25, -0.2) is 0 Å². The minimum atomic E-state index is -0.727. The summed E-state index contributed by atoms with van der Waals surface area (Å²) in [7, 11) is 0. The number of hydrogen-bond acceptors (Lipinski definition) is 6. The molecule has 0 saturated heterocycles. The maximum Gasteiger partial charge on any atom is 0.308 e. The average Bonchev–Trinajstić information content (AvgIpc) is 3.06. The Morgan fingerprint density at radius 1 is 0.969 bits per heavy atom. The van der Waals surface area contributed by atoms with Crippen molar-refractivity contribution in [3.63, 3.8) is 0 Å². The number of benzene rings is 1. The summed E-state index contributed by atoms with van der Waals surface area (Å²) in [6.07, 6.45) is 6.05. The van der Waals surface area contributed by atoms with E-state index >= 15 is 0 Å². The van der Waals surface area contributed by atoms with Crippen LogP contribution in [0.25, 0.3) is 0 Å². The van der Waals surface area contributed by atoms with Gasteiger partial charge in [0.2, 0.25) is 0 Å². The Morgan fingerprint density at radius 3 is 2.44 bits per heavy atom. The summed E-state index contributed by atoms with van der Waals surface area (Å²) in [6, 6.07) is 6.06. The number of rotatable bonds is 3. The lowest BCUT2D eigenvalue weighted by molar-refractivity contribution is -0.197. The van der Waals surface area contributed by atoms with E-state index in [0.717, 1.165) is 44.9 Å². The highest BCUT2D eigenvalue weighted by molar-refractivity contribution is 5.70. The van der Waals surface area contributed by atoms with Gasteiger partial charge in [-0.3, -0.25) is 14.4 Å². The zero-order valence-electron chi connectivity index (χ0n) is 19.4. The molecule has 0 amide bonds. The fourth-order valence-corrected chi connectivity index (χ4v) is 8.33. The van der Waals surface area contributed by atoms with Crippen molar-refractivity contribution in [2.75, 3.05) is 0 Å². The second-order valence-electron chi connectivity index (χ2n) is 10.5. The Balaban J connectivity index is 1.53. The van der Waals surface area contributed by atoms with Crippen molar-refractivity contribution < 1.29 is 28.6 Å². The molecule has 0 unspecified atom stereocenters.